The Kier molecular flexibility index (Phi) is 5.56. The molecule has 0 aromatic rings. The van der Waals surface area contributed by atoms with E-state index < -0.39 is 12.1 Å². The van der Waals surface area contributed by atoms with Gasteiger partial charge < -0.3 is 0 Å². The van der Waals surface area contributed by atoms with Gasteiger partial charge >= 0.3 is 6.18 Å². The maximum absolute atomic E-state index is 13.3. The summed E-state index contributed by atoms with van der Waals surface area (Å²) < 4.78 is 39.8. The first-order valence-electron chi connectivity index (χ1n) is 11.7. The van der Waals surface area contributed by atoms with Crippen molar-refractivity contribution in [3.05, 3.63) is 0 Å². The van der Waals surface area contributed by atoms with E-state index in [1.807, 2.05) is 6.92 Å². The predicted molar refractivity (Wildman–Crippen MR) is 107 cm³/mol. The average Bonchev–Trinajstić information content (AvgIpc) is 2.91. The second kappa shape index (κ2) is 7.55. The third kappa shape index (κ3) is 3.41. The van der Waals surface area contributed by atoms with Crippen LogP contribution in [0.3, 0.4) is 0 Å². The van der Waals surface area contributed by atoms with Crippen molar-refractivity contribution in [1.29, 1.82) is 0 Å². The molecular formula is C25H37F3. The number of hydrogen-bond acceptors (Lipinski definition) is 0. The molecule has 4 aliphatic carbocycles. The van der Waals surface area contributed by atoms with Gasteiger partial charge in [-0.3, -0.25) is 0 Å². The van der Waals surface area contributed by atoms with E-state index in [0.717, 1.165) is 42.9 Å². The molecule has 0 saturated heterocycles. The molecule has 0 aromatic carbocycles. The molecule has 0 aromatic heterocycles. The molecule has 0 amide bonds. The molecule has 28 heavy (non-hydrogen) atoms. The van der Waals surface area contributed by atoms with E-state index in [9.17, 15) is 13.2 Å². The summed E-state index contributed by atoms with van der Waals surface area (Å²) in [6.45, 7) is 6.94. The lowest BCUT2D eigenvalue weighted by Crippen LogP contribution is -2.50. The molecule has 0 spiro atoms. The largest absolute Gasteiger partial charge is 0.391 e. The zero-order chi connectivity index (χ0) is 20.1. The van der Waals surface area contributed by atoms with Crippen LogP contribution in [0.1, 0.15) is 85.0 Å². The zero-order valence-electron chi connectivity index (χ0n) is 17.8. The van der Waals surface area contributed by atoms with Crippen molar-refractivity contribution >= 4 is 0 Å². The first-order chi connectivity index (χ1) is 13.3. The minimum Gasteiger partial charge on any atom is -0.171 e. The number of halogens is 3. The predicted octanol–water partition coefficient (Wildman–Crippen LogP) is 7.48. The van der Waals surface area contributed by atoms with Crippen LogP contribution in [0.5, 0.6) is 0 Å². The van der Waals surface area contributed by atoms with Gasteiger partial charge in [-0.2, -0.15) is 13.2 Å². The van der Waals surface area contributed by atoms with Gasteiger partial charge in [0.1, 0.15) is 0 Å². The van der Waals surface area contributed by atoms with Gasteiger partial charge in [-0.05, 0) is 112 Å². The Morgan fingerprint density at radius 2 is 1.71 bits per heavy atom. The van der Waals surface area contributed by atoms with Gasteiger partial charge in [0.25, 0.3) is 0 Å². The van der Waals surface area contributed by atoms with Crippen LogP contribution < -0.4 is 0 Å². The summed E-state index contributed by atoms with van der Waals surface area (Å²) in [6, 6.07) is 0. The Morgan fingerprint density at radius 1 is 0.964 bits per heavy atom. The van der Waals surface area contributed by atoms with Crippen molar-refractivity contribution in [1.82, 2.24) is 0 Å². The van der Waals surface area contributed by atoms with Crippen LogP contribution in [0.15, 0.2) is 0 Å². The highest BCUT2D eigenvalue weighted by Gasteiger charge is 2.59. The summed E-state index contributed by atoms with van der Waals surface area (Å²) in [4.78, 5) is 0. The smallest absolute Gasteiger partial charge is 0.171 e. The second-order valence-corrected chi connectivity index (χ2v) is 10.8. The number of hydrogen-bond donors (Lipinski definition) is 0. The Bertz CT molecular complexity index is 626. The normalized spacial score (nSPS) is 48.1. The lowest BCUT2D eigenvalue weighted by atomic mass is 9.48. The lowest BCUT2D eigenvalue weighted by molar-refractivity contribution is -0.196. The first kappa shape index (κ1) is 20.6. The Balaban J connectivity index is 1.49. The summed E-state index contributed by atoms with van der Waals surface area (Å²) in [5.74, 6) is 9.98. The van der Waals surface area contributed by atoms with Crippen LogP contribution in [-0.2, 0) is 0 Å². The van der Waals surface area contributed by atoms with E-state index in [1.165, 1.54) is 32.1 Å². The SMILES string of the molecule is CC#CCCC1CC(C)C2C3CCC4CC(C(F)(F)F)CC[C@@H]4C3CC[C@]12C. The van der Waals surface area contributed by atoms with E-state index >= 15 is 0 Å². The summed E-state index contributed by atoms with van der Waals surface area (Å²) in [5.41, 5.74) is 0.437. The third-order valence-corrected chi connectivity index (χ3v) is 9.71. The summed E-state index contributed by atoms with van der Waals surface area (Å²) in [7, 11) is 0. The minimum absolute atomic E-state index is 0.332. The van der Waals surface area contributed by atoms with Gasteiger partial charge in [0.15, 0.2) is 0 Å². The van der Waals surface area contributed by atoms with E-state index in [1.54, 1.807) is 0 Å². The van der Waals surface area contributed by atoms with Crippen LogP contribution in [0.4, 0.5) is 13.2 Å². The van der Waals surface area contributed by atoms with Gasteiger partial charge in [0, 0.05) is 6.42 Å². The van der Waals surface area contributed by atoms with E-state index in [2.05, 4.69) is 25.7 Å². The second-order valence-electron chi connectivity index (χ2n) is 10.8. The molecule has 0 radical (unpaired) electrons. The highest BCUT2D eigenvalue weighted by Crippen LogP contribution is 2.66. The Hall–Kier alpha value is -0.650. The van der Waals surface area contributed by atoms with Crippen LogP contribution in [0, 0.1) is 64.6 Å². The van der Waals surface area contributed by atoms with E-state index in [4.69, 9.17) is 0 Å². The van der Waals surface area contributed by atoms with Gasteiger partial charge in [-0.1, -0.05) is 13.8 Å². The van der Waals surface area contributed by atoms with Gasteiger partial charge in [0.2, 0.25) is 0 Å². The standard InChI is InChI=1S/C25H37F3/c1-4-5-6-7-18-14-16(2)23-22-10-8-17-15-19(25(26,27)28)9-11-20(17)21(22)12-13-24(18,23)3/h16-23H,6-15H2,1-3H3/t16?,17?,18?,19?,20-,21?,22?,23?,24+/m0/s1. The molecule has 0 N–H and O–H groups in total. The first-order valence-corrected chi connectivity index (χ1v) is 11.7. The number of fused-ring (bicyclic) bond motifs is 5. The number of alkyl halides is 3. The van der Waals surface area contributed by atoms with Crippen molar-refractivity contribution in [2.75, 3.05) is 0 Å². The summed E-state index contributed by atoms with van der Waals surface area (Å²) >= 11 is 0. The topological polar surface area (TPSA) is 0 Å². The Labute approximate surface area is 169 Å². The highest BCUT2D eigenvalue weighted by atomic mass is 19.4. The van der Waals surface area contributed by atoms with Crippen LogP contribution in [0.2, 0.25) is 0 Å². The molecule has 0 heterocycles. The molecule has 3 heteroatoms. The van der Waals surface area contributed by atoms with Crippen molar-refractivity contribution in [3.63, 3.8) is 0 Å². The molecular weight excluding hydrogens is 357 g/mol. The van der Waals surface area contributed by atoms with Gasteiger partial charge in [-0.15, -0.1) is 11.8 Å². The maximum atomic E-state index is 13.3. The van der Waals surface area contributed by atoms with Crippen LogP contribution >= 0.6 is 0 Å². The quantitative estimate of drug-likeness (QED) is 0.426. The molecule has 158 valence electrons. The van der Waals surface area contributed by atoms with Gasteiger partial charge in [-0.25, -0.2) is 0 Å². The highest BCUT2D eigenvalue weighted by molar-refractivity contribution is 5.09. The molecule has 4 rings (SSSR count). The van der Waals surface area contributed by atoms with Crippen molar-refractivity contribution in [2.45, 2.75) is 91.2 Å². The fraction of sp³-hybridized carbons (Fsp3) is 0.920. The fourth-order valence-electron chi connectivity index (χ4n) is 8.66. The molecule has 0 nitrogen and oxygen atoms in total. The van der Waals surface area contributed by atoms with Crippen molar-refractivity contribution in [3.8, 4) is 11.8 Å². The summed E-state index contributed by atoms with van der Waals surface area (Å²) in [6.07, 6.45) is 5.99. The minimum atomic E-state index is -3.98. The average molecular weight is 395 g/mol. The Morgan fingerprint density at radius 3 is 2.43 bits per heavy atom. The molecule has 0 aliphatic heterocycles. The molecule has 4 fully saturated rings. The van der Waals surface area contributed by atoms with E-state index in [0.29, 0.717) is 36.0 Å². The molecule has 7 unspecified atom stereocenters. The lowest BCUT2D eigenvalue weighted by Gasteiger charge is -2.57. The van der Waals surface area contributed by atoms with Crippen LogP contribution in [-0.4, -0.2) is 6.18 Å². The maximum Gasteiger partial charge on any atom is 0.391 e. The van der Waals surface area contributed by atoms with Crippen molar-refractivity contribution < 1.29 is 13.2 Å². The van der Waals surface area contributed by atoms with Gasteiger partial charge in [0.05, 0.1) is 5.92 Å². The van der Waals surface area contributed by atoms with Crippen molar-refractivity contribution in [2.24, 2.45) is 52.8 Å². The number of rotatable bonds is 2. The van der Waals surface area contributed by atoms with E-state index in [-0.39, 0.29) is 0 Å². The zero-order valence-corrected chi connectivity index (χ0v) is 17.8. The third-order valence-electron chi connectivity index (χ3n) is 9.71. The van der Waals surface area contributed by atoms with Crippen LogP contribution in [0.25, 0.3) is 0 Å². The summed E-state index contributed by atoms with van der Waals surface area (Å²) in [5, 5.41) is 0. The molecule has 9 atom stereocenters. The molecule has 0 bridgehead atoms. The molecule has 4 saturated carbocycles. The monoisotopic (exact) mass is 394 g/mol. The molecule has 4 aliphatic rings. The fourth-order valence-corrected chi connectivity index (χ4v) is 8.66.